The molecule has 2 fully saturated rings. The number of anilines is 1. The zero-order valence-electron chi connectivity index (χ0n) is 18.3. The SMILES string of the molecule is Cc1cnc(C2CN(c3cncc(OC[C@H]4CC[C@H](C)CC4)c3)CCO2)cc1C(=O)O. The number of rotatable bonds is 6. The van der Waals surface area contributed by atoms with E-state index < -0.39 is 5.97 Å². The van der Waals surface area contributed by atoms with Crippen LogP contribution in [0, 0.1) is 18.8 Å². The fourth-order valence-electron chi connectivity index (χ4n) is 4.38. The van der Waals surface area contributed by atoms with E-state index in [9.17, 15) is 9.90 Å². The van der Waals surface area contributed by atoms with Gasteiger partial charge in [-0.15, -0.1) is 0 Å². The average molecular weight is 426 g/mol. The van der Waals surface area contributed by atoms with Gasteiger partial charge in [0.05, 0.1) is 49.1 Å². The van der Waals surface area contributed by atoms with Gasteiger partial charge in [0.1, 0.15) is 11.9 Å². The largest absolute Gasteiger partial charge is 0.492 e. The molecule has 2 aromatic heterocycles. The normalized spacial score (nSPS) is 24.1. The van der Waals surface area contributed by atoms with Gasteiger partial charge in [-0.05, 0) is 43.2 Å². The molecule has 1 unspecified atom stereocenters. The van der Waals surface area contributed by atoms with E-state index in [1.807, 2.05) is 12.3 Å². The molecule has 1 saturated heterocycles. The van der Waals surface area contributed by atoms with E-state index in [0.29, 0.717) is 30.3 Å². The van der Waals surface area contributed by atoms with Crippen LogP contribution in [0.2, 0.25) is 0 Å². The van der Waals surface area contributed by atoms with Crippen LogP contribution in [-0.4, -0.2) is 47.3 Å². The molecule has 1 N–H and O–H groups in total. The predicted molar refractivity (Wildman–Crippen MR) is 118 cm³/mol. The van der Waals surface area contributed by atoms with E-state index in [2.05, 4.69) is 21.8 Å². The van der Waals surface area contributed by atoms with Crippen LogP contribution in [0.15, 0.2) is 30.7 Å². The highest BCUT2D eigenvalue weighted by molar-refractivity contribution is 5.89. The van der Waals surface area contributed by atoms with Gasteiger partial charge < -0.3 is 19.5 Å². The molecule has 2 aromatic rings. The lowest BCUT2D eigenvalue weighted by Gasteiger charge is -2.34. The van der Waals surface area contributed by atoms with Crippen molar-refractivity contribution in [3.63, 3.8) is 0 Å². The van der Waals surface area contributed by atoms with Crippen molar-refractivity contribution in [2.24, 2.45) is 11.8 Å². The summed E-state index contributed by atoms with van der Waals surface area (Å²) in [6.07, 6.45) is 9.97. The van der Waals surface area contributed by atoms with Gasteiger partial charge in [-0.3, -0.25) is 9.97 Å². The van der Waals surface area contributed by atoms with Crippen LogP contribution in [-0.2, 0) is 4.74 Å². The second-order valence-electron chi connectivity index (χ2n) is 8.85. The van der Waals surface area contributed by atoms with Crippen LogP contribution in [0.5, 0.6) is 5.75 Å². The first-order chi connectivity index (χ1) is 15.0. The van der Waals surface area contributed by atoms with Gasteiger partial charge in [0.25, 0.3) is 0 Å². The molecule has 0 bridgehead atoms. The van der Waals surface area contributed by atoms with Crippen molar-refractivity contribution in [3.8, 4) is 5.75 Å². The number of aromatic nitrogens is 2. The number of pyridine rings is 2. The van der Waals surface area contributed by atoms with Gasteiger partial charge in [0.2, 0.25) is 0 Å². The molecule has 0 radical (unpaired) electrons. The third-order valence-corrected chi connectivity index (χ3v) is 6.44. The van der Waals surface area contributed by atoms with E-state index in [1.54, 1.807) is 25.4 Å². The molecule has 1 atom stereocenters. The van der Waals surface area contributed by atoms with Crippen molar-refractivity contribution in [2.45, 2.75) is 45.6 Å². The van der Waals surface area contributed by atoms with E-state index in [0.717, 1.165) is 30.5 Å². The van der Waals surface area contributed by atoms with Gasteiger partial charge >= 0.3 is 5.97 Å². The first kappa shape index (κ1) is 21.6. The first-order valence-electron chi connectivity index (χ1n) is 11.1. The van der Waals surface area contributed by atoms with Crippen LogP contribution in [0.3, 0.4) is 0 Å². The molecule has 166 valence electrons. The molecule has 31 heavy (non-hydrogen) atoms. The summed E-state index contributed by atoms with van der Waals surface area (Å²) < 4.78 is 12.0. The van der Waals surface area contributed by atoms with Crippen LogP contribution in [0.4, 0.5) is 5.69 Å². The van der Waals surface area contributed by atoms with E-state index in [4.69, 9.17) is 9.47 Å². The first-order valence-corrected chi connectivity index (χ1v) is 11.1. The minimum atomic E-state index is -0.949. The summed E-state index contributed by atoms with van der Waals surface area (Å²) >= 11 is 0. The number of carbonyl (C=O) groups is 1. The molecule has 1 aliphatic carbocycles. The van der Waals surface area contributed by atoms with Crippen LogP contribution >= 0.6 is 0 Å². The number of hydrogen-bond donors (Lipinski definition) is 1. The molecule has 0 amide bonds. The average Bonchev–Trinajstić information content (AvgIpc) is 2.79. The Morgan fingerprint density at radius 1 is 1.23 bits per heavy atom. The van der Waals surface area contributed by atoms with Crippen molar-refractivity contribution < 1.29 is 19.4 Å². The lowest BCUT2D eigenvalue weighted by molar-refractivity contribution is 0.0368. The standard InChI is InChI=1S/C24H31N3O4/c1-16-3-5-18(6-4-16)15-31-20-9-19(12-25-13-20)27-7-8-30-23(14-27)22-10-21(24(28)29)17(2)11-26-22/h9-13,16,18,23H,3-8,14-15H2,1-2H3,(H,28,29)/t16-,18-,23?. The molecule has 0 spiro atoms. The fourth-order valence-corrected chi connectivity index (χ4v) is 4.38. The lowest BCUT2D eigenvalue weighted by Crippen LogP contribution is -2.38. The van der Waals surface area contributed by atoms with Crippen LogP contribution < -0.4 is 9.64 Å². The maximum absolute atomic E-state index is 11.5. The van der Waals surface area contributed by atoms with Crippen molar-refractivity contribution in [1.29, 1.82) is 0 Å². The fraction of sp³-hybridized carbons (Fsp3) is 0.542. The third kappa shape index (κ3) is 5.34. The molecule has 7 heteroatoms. The number of hydrogen-bond acceptors (Lipinski definition) is 6. The van der Waals surface area contributed by atoms with Gasteiger partial charge in [-0.2, -0.15) is 0 Å². The Morgan fingerprint density at radius 3 is 2.81 bits per heavy atom. The second-order valence-corrected chi connectivity index (χ2v) is 8.85. The maximum atomic E-state index is 11.5. The topological polar surface area (TPSA) is 84.8 Å². The minimum Gasteiger partial charge on any atom is -0.492 e. The van der Waals surface area contributed by atoms with E-state index in [-0.39, 0.29) is 11.7 Å². The van der Waals surface area contributed by atoms with Gasteiger partial charge in [-0.25, -0.2) is 4.79 Å². The second kappa shape index (κ2) is 9.64. The number of ether oxygens (including phenoxy) is 2. The van der Waals surface area contributed by atoms with Crippen molar-refractivity contribution >= 4 is 11.7 Å². The molecule has 4 rings (SSSR count). The maximum Gasteiger partial charge on any atom is 0.336 e. The lowest BCUT2D eigenvalue weighted by atomic mass is 9.83. The summed E-state index contributed by atoms with van der Waals surface area (Å²) in [5.74, 6) is 1.31. The molecule has 1 aliphatic heterocycles. The zero-order chi connectivity index (χ0) is 21.8. The summed E-state index contributed by atoms with van der Waals surface area (Å²) in [7, 11) is 0. The minimum absolute atomic E-state index is 0.264. The molecule has 0 aromatic carbocycles. The Bertz CT molecular complexity index is 911. The number of aromatic carboxylic acids is 1. The van der Waals surface area contributed by atoms with Crippen LogP contribution in [0.1, 0.15) is 60.3 Å². The summed E-state index contributed by atoms with van der Waals surface area (Å²) in [4.78, 5) is 22.5. The summed E-state index contributed by atoms with van der Waals surface area (Å²) in [6.45, 7) is 6.68. The van der Waals surface area contributed by atoms with Crippen molar-refractivity contribution in [3.05, 3.63) is 47.5 Å². The molecule has 7 nitrogen and oxygen atoms in total. The Balaban J connectivity index is 1.41. The number of nitrogens with zero attached hydrogens (tertiary/aromatic N) is 3. The summed E-state index contributed by atoms with van der Waals surface area (Å²) in [5, 5.41) is 9.41. The van der Waals surface area contributed by atoms with Gasteiger partial charge in [0.15, 0.2) is 0 Å². The Morgan fingerprint density at radius 2 is 2.03 bits per heavy atom. The van der Waals surface area contributed by atoms with E-state index >= 15 is 0 Å². The summed E-state index contributed by atoms with van der Waals surface area (Å²) in [5.41, 5.74) is 2.53. The highest BCUT2D eigenvalue weighted by Gasteiger charge is 2.25. The molecular weight excluding hydrogens is 394 g/mol. The smallest absolute Gasteiger partial charge is 0.336 e. The number of morpholine rings is 1. The van der Waals surface area contributed by atoms with Crippen molar-refractivity contribution in [1.82, 2.24) is 9.97 Å². The van der Waals surface area contributed by atoms with Crippen LogP contribution in [0.25, 0.3) is 0 Å². The van der Waals surface area contributed by atoms with Gasteiger partial charge in [-0.1, -0.05) is 19.8 Å². The highest BCUT2D eigenvalue weighted by atomic mass is 16.5. The molecule has 2 aliphatic rings. The Hall–Kier alpha value is -2.67. The third-order valence-electron chi connectivity index (χ3n) is 6.44. The Kier molecular flexibility index (Phi) is 6.70. The predicted octanol–water partition coefficient (Wildman–Crippen LogP) is 4.27. The highest BCUT2D eigenvalue weighted by Crippen LogP contribution is 2.30. The quantitative estimate of drug-likeness (QED) is 0.740. The Labute approximate surface area is 183 Å². The van der Waals surface area contributed by atoms with E-state index in [1.165, 1.54) is 25.7 Å². The number of aryl methyl sites for hydroxylation is 1. The zero-order valence-corrected chi connectivity index (χ0v) is 18.3. The number of carboxylic acids is 1. The molecule has 3 heterocycles. The summed E-state index contributed by atoms with van der Waals surface area (Å²) in [6, 6.07) is 3.65. The molecular formula is C24H31N3O4. The monoisotopic (exact) mass is 425 g/mol. The number of carboxylic acid groups (broad SMARTS) is 1. The molecule has 1 saturated carbocycles. The van der Waals surface area contributed by atoms with Gasteiger partial charge in [0, 0.05) is 18.8 Å². The van der Waals surface area contributed by atoms with Crippen molar-refractivity contribution in [2.75, 3.05) is 31.2 Å².